The molecule has 3 N–H and O–H groups in total. The first kappa shape index (κ1) is 8.23. The van der Waals surface area contributed by atoms with E-state index in [4.69, 9.17) is 15.3 Å². The molecule has 0 heterocycles. The fraction of sp³-hybridized carbons (Fsp3) is 0.571. The molecule has 0 saturated heterocycles. The second-order valence-electron chi connectivity index (χ2n) is 2.66. The van der Waals surface area contributed by atoms with E-state index in [2.05, 4.69) is 0 Å². The van der Waals surface area contributed by atoms with Gasteiger partial charge in [-0.05, 0) is 6.08 Å². The van der Waals surface area contributed by atoms with Crippen LogP contribution in [0.4, 0.5) is 0 Å². The first-order valence-corrected chi connectivity index (χ1v) is 3.39. The van der Waals surface area contributed by atoms with Crippen LogP contribution >= 0.6 is 0 Å². The maximum absolute atomic E-state index is 10.4. The standard InChI is InChI=1S/C7H10O4/c8-5-1-4(7(10)11)2-6(9)3-5/h1,5-6,8-9H,2-3H2,(H,10,11)/t5-,6?/m1/s1. The van der Waals surface area contributed by atoms with Gasteiger partial charge in [0.1, 0.15) is 0 Å². The van der Waals surface area contributed by atoms with Crippen molar-refractivity contribution in [2.75, 3.05) is 0 Å². The van der Waals surface area contributed by atoms with Crippen LogP contribution in [0.2, 0.25) is 0 Å². The summed E-state index contributed by atoms with van der Waals surface area (Å²) in [5.41, 5.74) is 0.0938. The quantitative estimate of drug-likeness (QED) is 0.481. The monoisotopic (exact) mass is 158 g/mol. The summed E-state index contributed by atoms with van der Waals surface area (Å²) in [6.45, 7) is 0. The number of aliphatic hydroxyl groups excluding tert-OH is 2. The van der Waals surface area contributed by atoms with Gasteiger partial charge >= 0.3 is 5.97 Å². The summed E-state index contributed by atoms with van der Waals surface area (Å²) in [5.74, 6) is -1.07. The van der Waals surface area contributed by atoms with Crippen molar-refractivity contribution in [3.8, 4) is 0 Å². The Morgan fingerprint density at radius 3 is 2.64 bits per heavy atom. The number of hydrogen-bond donors (Lipinski definition) is 3. The summed E-state index contributed by atoms with van der Waals surface area (Å²) < 4.78 is 0. The number of aliphatic hydroxyl groups is 2. The van der Waals surface area contributed by atoms with E-state index in [9.17, 15) is 4.79 Å². The van der Waals surface area contributed by atoms with Crippen molar-refractivity contribution >= 4 is 5.97 Å². The predicted octanol–water partition coefficient (Wildman–Crippen LogP) is -0.487. The molecule has 4 heteroatoms. The number of carboxylic acids is 1. The van der Waals surface area contributed by atoms with Crippen LogP contribution in [0.15, 0.2) is 11.6 Å². The molecule has 1 aliphatic carbocycles. The van der Waals surface area contributed by atoms with E-state index in [-0.39, 0.29) is 18.4 Å². The first-order valence-electron chi connectivity index (χ1n) is 3.39. The highest BCUT2D eigenvalue weighted by Gasteiger charge is 2.22. The van der Waals surface area contributed by atoms with Crippen molar-refractivity contribution in [2.24, 2.45) is 0 Å². The van der Waals surface area contributed by atoms with Crippen LogP contribution in [0, 0.1) is 0 Å². The van der Waals surface area contributed by atoms with E-state index in [1.807, 2.05) is 0 Å². The fourth-order valence-electron chi connectivity index (χ4n) is 1.14. The number of carboxylic acid groups (broad SMARTS) is 1. The molecule has 0 fully saturated rings. The van der Waals surface area contributed by atoms with Gasteiger partial charge in [0.25, 0.3) is 0 Å². The van der Waals surface area contributed by atoms with Gasteiger partial charge in [0.05, 0.1) is 12.2 Å². The lowest BCUT2D eigenvalue weighted by Gasteiger charge is -2.19. The lowest BCUT2D eigenvalue weighted by atomic mass is 9.95. The number of carbonyl (C=O) groups is 1. The zero-order valence-electron chi connectivity index (χ0n) is 5.90. The predicted molar refractivity (Wildman–Crippen MR) is 37.0 cm³/mol. The van der Waals surface area contributed by atoms with Gasteiger partial charge in [-0.3, -0.25) is 0 Å². The number of rotatable bonds is 1. The van der Waals surface area contributed by atoms with Gasteiger partial charge in [-0.1, -0.05) is 0 Å². The van der Waals surface area contributed by atoms with E-state index < -0.39 is 18.2 Å². The zero-order chi connectivity index (χ0) is 8.43. The molecule has 0 aromatic rings. The molecule has 0 aromatic carbocycles. The van der Waals surface area contributed by atoms with Crippen LogP contribution < -0.4 is 0 Å². The highest BCUT2D eigenvalue weighted by molar-refractivity contribution is 5.86. The number of aliphatic carboxylic acids is 1. The lowest BCUT2D eigenvalue weighted by molar-refractivity contribution is -0.133. The van der Waals surface area contributed by atoms with Crippen LogP contribution in [-0.4, -0.2) is 33.5 Å². The molecular weight excluding hydrogens is 148 g/mol. The molecular formula is C7H10O4. The maximum Gasteiger partial charge on any atom is 0.331 e. The molecule has 0 amide bonds. The van der Waals surface area contributed by atoms with Crippen LogP contribution in [0.5, 0.6) is 0 Å². The van der Waals surface area contributed by atoms with Crippen molar-refractivity contribution in [1.29, 1.82) is 0 Å². The largest absolute Gasteiger partial charge is 0.478 e. The van der Waals surface area contributed by atoms with E-state index in [0.717, 1.165) is 0 Å². The van der Waals surface area contributed by atoms with E-state index in [1.165, 1.54) is 6.08 Å². The van der Waals surface area contributed by atoms with Crippen LogP contribution in [-0.2, 0) is 4.79 Å². The zero-order valence-corrected chi connectivity index (χ0v) is 5.90. The Hall–Kier alpha value is -0.870. The molecule has 0 aromatic heterocycles. The highest BCUT2D eigenvalue weighted by atomic mass is 16.4. The molecule has 0 spiro atoms. The van der Waals surface area contributed by atoms with Gasteiger partial charge in [-0.15, -0.1) is 0 Å². The molecule has 0 aliphatic heterocycles. The molecule has 11 heavy (non-hydrogen) atoms. The van der Waals surface area contributed by atoms with Crippen LogP contribution in [0.25, 0.3) is 0 Å². The SMILES string of the molecule is O=C(O)C1=C[C@@H](O)CC(O)C1. The van der Waals surface area contributed by atoms with Crippen LogP contribution in [0.3, 0.4) is 0 Å². The molecule has 2 atom stereocenters. The molecule has 1 aliphatic rings. The Balaban J connectivity index is 2.72. The van der Waals surface area contributed by atoms with Gasteiger partial charge in [-0.2, -0.15) is 0 Å². The van der Waals surface area contributed by atoms with Crippen LogP contribution in [0.1, 0.15) is 12.8 Å². The summed E-state index contributed by atoms with van der Waals surface area (Å²) in [6, 6.07) is 0. The Kier molecular flexibility index (Phi) is 2.26. The van der Waals surface area contributed by atoms with E-state index in [1.54, 1.807) is 0 Å². The first-order chi connectivity index (χ1) is 5.09. The summed E-state index contributed by atoms with van der Waals surface area (Å²) in [6.07, 6.45) is 0.101. The molecule has 0 radical (unpaired) electrons. The minimum atomic E-state index is -1.07. The van der Waals surface area contributed by atoms with Gasteiger partial charge in [0, 0.05) is 18.4 Å². The van der Waals surface area contributed by atoms with Gasteiger partial charge in [-0.25, -0.2) is 4.79 Å². The van der Waals surface area contributed by atoms with Crippen molar-refractivity contribution in [3.05, 3.63) is 11.6 Å². The second-order valence-corrected chi connectivity index (χ2v) is 2.66. The Bertz CT molecular complexity index is 197. The van der Waals surface area contributed by atoms with Crippen molar-refractivity contribution in [2.45, 2.75) is 25.0 Å². The molecule has 4 nitrogen and oxygen atoms in total. The third-order valence-electron chi connectivity index (χ3n) is 1.64. The smallest absolute Gasteiger partial charge is 0.331 e. The second kappa shape index (κ2) is 3.02. The Labute approximate surface area is 63.8 Å². The fourth-order valence-corrected chi connectivity index (χ4v) is 1.14. The van der Waals surface area contributed by atoms with Gasteiger partial charge in [0.2, 0.25) is 0 Å². The normalized spacial score (nSPS) is 31.3. The minimum Gasteiger partial charge on any atom is -0.478 e. The van der Waals surface area contributed by atoms with Gasteiger partial charge in [0.15, 0.2) is 0 Å². The maximum atomic E-state index is 10.4. The summed E-state index contributed by atoms with van der Waals surface area (Å²) in [5, 5.41) is 26.5. The average molecular weight is 158 g/mol. The van der Waals surface area contributed by atoms with E-state index in [0.29, 0.717) is 0 Å². The average Bonchev–Trinajstić information content (AvgIpc) is 1.85. The third kappa shape index (κ3) is 2.03. The minimum absolute atomic E-state index is 0.0938. The summed E-state index contributed by atoms with van der Waals surface area (Å²) in [4.78, 5) is 10.4. The van der Waals surface area contributed by atoms with E-state index >= 15 is 0 Å². The van der Waals surface area contributed by atoms with Gasteiger partial charge < -0.3 is 15.3 Å². The Morgan fingerprint density at radius 2 is 2.18 bits per heavy atom. The molecule has 0 saturated carbocycles. The molecule has 62 valence electrons. The summed E-state index contributed by atoms with van der Waals surface area (Å²) >= 11 is 0. The van der Waals surface area contributed by atoms with Crippen molar-refractivity contribution in [1.82, 2.24) is 0 Å². The highest BCUT2D eigenvalue weighted by Crippen LogP contribution is 2.18. The van der Waals surface area contributed by atoms with Crippen molar-refractivity contribution in [3.63, 3.8) is 0 Å². The number of hydrogen-bond acceptors (Lipinski definition) is 3. The third-order valence-corrected chi connectivity index (χ3v) is 1.64. The Morgan fingerprint density at radius 1 is 1.55 bits per heavy atom. The summed E-state index contributed by atoms with van der Waals surface area (Å²) in [7, 11) is 0. The van der Waals surface area contributed by atoms with Crippen molar-refractivity contribution < 1.29 is 20.1 Å². The molecule has 1 rings (SSSR count). The molecule has 1 unspecified atom stereocenters. The topological polar surface area (TPSA) is 77.8 Å². The lowest BCUT2D eigenvalue weighted by Crippen LogP contribution is -2.24. The molecule has 0 bridgehead atoms.